The number of guanidine groups is 1. The van der Waals surface area contributed by atoms with Crippen molar-refractivity contribution in [1.82, 2.24) is 47.2 Å². The number of hydrogen-bond donors (Lipinski definition) is 18. The lowest BCUT2D eigenvalue weighted by Crippen LogP contribution is -2.64. The molecule has 0 aliphatic rings. The highest BCUT2D eigenvalue weighted by atomic mass is 32.1. The number of benzene rings is 3. The third-order valence-corrected chi connectivity index (χ3v) is 14.1. The molecule has 2 heterocycles. The number of aliphatic hydroxyl groups excluding tert-OH is 2. The standard InChI is InChI=1S/C54H74N14O11S2/c1-26(34-24-61-36-14-9-7-12-33(34)36)41(55)50(77)65-40(25-80)49(76)63-38(21-29-16-18-31(71)19-17-29)47(74)64-39(22-30-23-60-35-13-8-6-11-32(30)35)48(75)62-37(15-10-20-59-53(57)58)46(73)67-43(28(3)70)51(78)68-44(54(4,5)81)52(79)66-42(27(2)69)45(56)72/h6-9,11-14,16-19,23-24,26-28,37-44,60-61,69-71,80-81H,10,15,20-22,25,55H2,1-5H3,(H2,56,72)(H,62,75)(H,63,76)(H,64,74)(H,65,77)(H,66,79)(H,67,73)(H,68,78)(H4,57,58,59)/t26-,27-,28-,37+,38+,39-,40+,41-,42+,43+,44-/m1/s1. The van der Waals surface area contributed by atoms with Gasteiger partial charge in [0, 0.05) is 70.0 Å². The summed E-state index contributed by atoms with van der Waals surface area (Å²) in [7, 11) is 0. The highest BCUT2D eigenvalue weighted by Gasteiger charge is 2.40. The Hall–Kier alpha value is -7.85. The number of nitrogens with one attached hydrogen (secondary N) is 9. The molecule has 0 unspecified atom stereocenters. The van der Waals surface area contributed by atoms with Crippen molar-refractivity contribution in [3.8, 4) is 5.75 Å². The second-order valence-electron chi connectivity index (χ2n) is 20.4. The van der Waals surface area contributed by atoms with Crippen LogP contribution in [0.4, 0.5) is 0 Å². The molecule has 0 spiro atoms. The van der Waals surface area contributed by atoms with Crippen LogP contribution in [0.3, 0.4) is 0 Å². The molecule has 5 rings (SSSR count). The second-order valence-corrected chi connectivity index (χ2v) is 21.9. The molecular weight excluding hydrogens is 1080 g/mol. The van der Waals surface area contributed by atoms with Gasteiger partial charge in [-0.25, -0.2) is 0 Å². The Balaban J connectivity index is 1.44. The van der Waals surface area contributed by atoms with Gasteiger partial charge in [0.25, 0.3) is 0 Å². The maximum absolute atomic E-state index is 14.9. The van der Waals surface area contributed by atoms with Gasteiger partial charge in [0.15, 0.2) is 5.96 Å². The number of rotatable bonds is 29. The Morgan fingerprint density at radius 2 is 1.12 bits per heavy atom. The Kier molecular flexibility index (Phi) is 22.9. The number of nitrogens with two attached hydrogens (primary N) is 4. The molecule has 2 aromatic heterocycles. The molecule has 27 heteroatoms. The van der Waals surface area contributed by atoms with E-state index in [0.29, 0.717) is 22.0 Å². The number of aliphatic imine (C=N–C) groups is 1. The zero-order valence-electron chi connectivity index (χ0n) is 45.4. The van der Waals surface area contributed by atoms with Crippen LogP contribution < -0.4 is 60.2 Å². The van der Waals surface area contributed by atoms with Crippen molar-refractivity contribution in [3.05, 3.63) is 102 Å². The van der Waals surface area contributed by atoms with Crippen LogP contribution in [0.25, 0.3) is 21.8 Å². The number of amides is 8. The first-order valence-corrected chi connectivity index (χ1v) is 27.1. The zero-order valence-corrected chi connectivity index (χ0v) is 47.2. The number of aromatic nitrogens is 2. The number of carbonyl (C=O) groups is 8. The summed E-state index contributed by atoms with van der Waals surface area (Å²) in [6, 6.07) is 8.65. The normalized spacial score (nSPS) is 15.6. The Morgan fingerprint density at radius 3 is 1.69 bits per heavy atom. The smallest absolute Gasteiger partial charge is 0.245 e. The minimum absolute atomic E-state index is 0.0220. The zero-order chi connectivity index (χ0) is 59.9. The van der Waals surface area contributed by atoms with E-state index in [1.165, 1.54) is 52.0 Å². The van der Waals surface area contributed by atoms with Crippen LogP contribution in [0.1, 0.15) is 70.1 Å². The van der Waals surface area contributed by atoms with E-state index in [9.17, 15) is 53.7 Å². The lowest BCUT2D eigenvalue weighted by Gasteiger charge is -2.33. The Morgan fingerprint density at radius 1 is 0.617 bits per heavy atom. The van der Waals surface area contributed by atoms with E-state index in [0.717, 1.165) is 16.5 Å². The van der Waals surface area contributed by atoms with E-state index in [-0.39, 0.29) is 49.7 Å². The molecule has 438 valence electrons. The molecular formula is C54H74N14O11S2. The highest BCUT2D eigenvalue weighted by Crippen LogP contribution is 2.27. The van der Waals surface area contributed by atoms with Gasteiger partial charge in [0.1, 0.15) is 48.0 Å². The number of primary amides is 1. The van der Waals surface area contributed by atoms with Crippen LogP contribution >= 0.6 is 25.3 Å². The number of para-hydroxylation sites is 2. The van der Waals surface area contributed by atoms with Crippen molar-refractivity contribution in [1.29, 1.82) is 0 Å². The number of aromatic amines is 2. The molecule has 0 aliphatic carbocycles. The second kappa shape index (κ2) is 29.0. The van der Waals surface area contributed by atoms with E-state index in [2.05, 4.69) is 77.4 Å². The third-order valence-electron chi connectivity index (χ3n) is 13.5. The number of phenols is 1. The summed E-state index contributed by atoms with van der Waals surface area (Å²) in [6.07, 6.45) is -0.156. The number of hydrogen-bond acceptors (Lipinski definition) is 15. The number of nitrogens with zero attached hydrogens (tertiary/aromatic N) is 1. The van der Waals surface area contributed by atoms with Gasteiger partial charge in [-0.1, -0.05) is 55.5 Å². The van der Waals surface area contributed by atoms with Gasteiger partial charge < -0.3 is 85.4 Å². The largest absolute Gasteiger partial charge is 0.508 e. The van der Waals surface area contributed by atoms with Gasteiger partial charge in [-0.3, -0.25) is 43.3 Å². The van der Waals surface area contributed by atoms with E-state index >= 15 is 0 Å². The SMILES string of the molecule is C[C@H](c1c[nH]c2ccccc12)[C@@H](N)C(=O)N[C@@H](CS)C(=O)N[C@@H](Cc1ccc(O)cc1)C(=O)N[C@H](Cc1c[nH]c2ccccc12)C(=O)N[C@@H](CCCN=C(N)N)C(=O)N[C@H](C(=O)N[C@H](C(=O)N[C@H](C(N)=O)[C@@H](C)O)C(C)(C)S)[C@@H](C)O. The van der Waals surface area contributed by atoms with Gasteiger partial charge >= 0.3 is 0 Å². The van der Waals surface area contributed by atoms with Gasteiger partial charge in [-0.2, -0.15) is 25.3 Å². The molecule has 8 amide bonds. The highest BCUT2D eigenvalue weighted by molar-refractivity contribution is 7.81. The fourth-order valence-corrected chi connectivity index (χ4v) is 9.31. The fourth-order valence-electron chi connectivity index (χ4n) is 8.87. The summed E-state index contributed by atoms with van der Waals surface area (Å²) < 4.78 is -1.36. The van der Waals surface area contributed by atoms with E-state index in [1.54, 1.807) is 43.6 Å². The molecule has 0 saturated heterocycles. The number of thiol groups is 2. The molecule has 3 aromatic carbocycles. The van der Waals surface area contributed by atoms with Crippen LogP contribution in [-0.4, -0.2) is 156 Å². The fraction of sp³-hybridized carbons (Fsp3) is 0.426. The van der Waals surface area contributed by atoms with Crippen LogP contribution in [-0.2, 0) is 51.2 Å². The maximum atomic E-state index is 14.9. The molecule has 0 radical (unpaired) electrons. The number of carbonyl (C=O) groups excluding carboxylic acids is 8. The summed E-state index contributed by atoms with van der Waals surface area (Å²) in [5.41, 5.74) is 26.3. The summed E-state index contributed by atoms with van der Waals surface area (Å²) in [4.78, 5) is 122. The van der Waals surface area contributed by atoms with E-state index in [4.69, 9.17) is 22.9 Å². The summed E-state index contributed by atoms with van der Waals surface area (Å²) in [5.74, 6) is -8.51. The van der Waals surface area contributed by atoms with E-state index < -0.39 is 118 Å². The Bertz CT molecular complexity index is 3050. The number of aliphatic hydroxyl groups is 2. The average molecular weight is 1160 g/mol. The third kappa shape index (κ3) is 17.8. The lowest BCUT2D eigenvalue weighted by molar-refractivity contribution is -0.137. The number of aromatic hydroxyl groups is 1. The minimum atomic E-state index is -1.79. The molecule has 0 bridgehead atoms. The molecule has 0 saturated carbocycles. The van der Waals surface area contributed by atoms with Crippen LogP contribution in [0, 0.1) is 0 Å². The minimum Gasteiger partial charge on any atom is -0.508 e. The maximum Gasteiger partial charge on any atom is 0.245 e. The van der Waals surface area contributed by atoms with Crippen molar-refractivity contribution in [3.63, 3.8) is 0 Å². The lowest BCUT2D eigenvalue weighted by atomic mass is 9.93. The molecule has 5 aromatic rings. The van der Waals surface area contributed by atoms with Crippen molar-refractivity contribution in [2.75, 3.05) is 12.3 Å². The quantitative estimate of drug-likeness (QED) is 0.0113. The first-order chi connectivity index (χ1) is 38.2. The first kappa shape index (κ1) is 64.0. The monoisotopic (exact) mass is 1160 g/mol. The van der Waals surface area contributed by atoms with Crippen LogP contribution in [0.15, 0.2) is 90.2 Å². The van der Waals surface area contributed by atoms with Crippen LogP contribution in [0.5, 0.6) is 5.75 Å². The predicted molar refractivity (Wildman–Crippen MR) is 311 cm³/mol. The van der Waals surface area contributed by atoms with Gasteiger partial charge in [0.05, 0.1) is 18.2 Å². The van der Waals surface area contributed by atoms with Crippen molar-refractivity contribution >= 4 is 100 Å². The molecule has 25 nitrogen and oxygen atoms in total. The van der Waals surface area contributed by atoms with Gasteiger partial charge in [-0.15, -0.1) is 0 Å². The topological polar surface area (TPSA) is 429 Å². The van der Waals surface area contributed by atoms with Crippen molar-refractivity contribution in [2.45, 2.75) is 132 Å². The summed E-state index contributed by atoms with van der Waals surface area (Å²) in [5, 5.41) is 50.6. The molecule has 0 aliphatic heterocycles. The van der Waals surface area contributed by atoms with Gasteiger partial charge in [0.2, 0.25) is 47.3 Å². The van der Waals surface area contributed by atoms with Crippen molar-refractivity contribution in [2.24, 2.45) is 27.9 Å². The Labute approximate surface area is 478 Å². The van der Waals surface area contributed by atoms with E-state index in [1.807, 2.05) is 24.3 Å². The summed E-state index contributed by atoms with van der Waals surface area (Å²) >= 11 is 8.81. The predicted octanol–water partition coefficient (Wildman–Crippen LogP) is -1.40. The molecule has 0 fully saturated rings. The first-order valence-electron chi connectivity index (χ1n) is 26.0. The number of phenolic OH excluding ortho intramolecular Hbond substituents is 1. The van der Waals surface area contributed by atoms with Crippen molar-refractivity contribution < 1.29 is 53.7 Å². The van der Waals surface area contributed by atoms with Gasteiger partial charge in [-0.05, 0) is 81.5 Å². The number of H-pyrrole nitrogens is 2. The number of fused-ring (bicyclic) bond motifs is 2. The molecule has 20 N–H and O–H groups in total. The molecule has 81 heavy (non-hydrogen) atoms. The molecule has 11 atom stereocenters. The summed E-state index contributed by atoms with van der Waals surface area (Å²) in [6.45, 7) is 7.07. The van der Waals surface area contributed by atoms with Crippen LogP contribution in [0.2, 0.25) is 0 Å². The average Bonchev–Trinajstić information content (AvgIpc) is 4.04.